The number of nitrogens with two attached hydrogens (primary N) is 1. The molecule has 3 N–H and O–H groups in total. The summed E-state index contributed by atoms with van der Waals surface area (Å²) in [5.74, 6) is 0.0856. The van der Waals surface area contributed by atoms with E-state index in [1.54, 1.807) is 27.7 Å². The summed E-state index contributed by atoms with van der Waals surface area (Å²) in [5.41, 5.74) is 4.59. The van der Waals surface area contributed by atoms with Gasteiger partial charge in [0.05, 0.1) is 16.9 Å². The van der Waals surface area contributed by atoms with Crippen LogP contribution >= 0.6 is 0 Å². The number of rotatable bonds is 3. The predicted octanol–water partition coefficient (Wildman–Crippen LogP) is 0.443. The zero-order valence-electron chi connectivity index (χ0n) is 11.6. The maximum Gasteiger partial charge on any atom is 0.227 e. The third-order valence-electron chi connectivity index (χ3n) is 3.98. The van der Waals surface area contributed by atoms with Crippen LogP contribution in [0.25, 0.3) is 0 Å². The Balaban J connectivity index is 2.71. The third-order valence-corrected chi connectivity index (χ3v) is 5.80. The van der Waals surface area contributed by atoms with E-state index in [9.17, 15) is 13.2 Å². The van der Waals surface area contributed by atoms with Gasteiger partial charge in [-0.15, -0.1) is 0 Å². The van der Waals surface area contributed by atoms with Crippen LogP contribution in [0.5, 0.6) is 0 Å². The molecule has 0 spiro atoms. The van der Waals surface area contributed by atoms with Gasteiger partial charge in [-0.25, -0.2) is 8.42 Å². The Morgan fingerprint density at radius 2 is 1.83 bits per heavy atom. The number of carbonyl (C=O) groups excluding carboxylic acids is 1. The van der Waals surface area contributed by atoms with Gasteiger partial charge in [-0.3, -0.25) is 4.79 Å². The summed E-state index contributed by atoms with van der Waals surface area (Å²) >= 11 is 0. The van der Waals surface area contributed by atoms with Crippen molar-refractivity contribution < 1.29 is 13.2 Å². The molecule has 1 rings (SSSR count). The molecule has 18 heavy (non-hydrogen) atoms. The first kappa shape index (κ1) is 15.4. The van der Waals surface area contributed by atoms with Gasteiger partial charge in [-0.2, -0.15) is 0 Å². The summed E-state index contributed by atoms with van der Waals surface area (Å²) in [7, 11) is -3.00. The Labute approximate surface area is 109 Å². The number of carbonyl (C=O) groups is 1. The molecule has 1 heterocycles. The molecule has 1 atom stereocenters. The van der Waals surface area contributed by atoms with Crippen LogP contribution in [0.3, 0.4) is 0 Å². The molecule has 0 aromatic heterocycles. The fourth-order valence-electron chi connectivity index (χ4n) is 1.80. The summed E-state index contributed by atoms with van der Waals surface area (Å²) in [5, 5.41) is 2.82. The van der Waals surface area contributed by atoms with Crippen LogP contribution in [0.2, 0.25) is 0 Å². The average molecular weight is 276 g/mol. The molecule has 1 saturated heterocycles. The van der Waals surface area contributed by atoms with Crippen LogP contribution in [0.15, 0.2) is 0 Å². The monoisotopic (exact) mass is 276 g/mol. The zero-order valence-corrected chi connectivity index (χ0v) is 12.4. The third kappa shape index (κ3) is 3.45. The van der Waals surface area contributed by atoms with Crippen molar-refractivity contribution in [2.75, 3.05) is 11.5 Å². The second-order valence-electron chi connectivity index (χ2n) is 6.27. The molecule has 1 unspecified atom stereocenters. The van der Waals surface area contributed by atoms with Gasteiger partial charge in [0.2, 0.25) is 5.91 Å². The number of hydrogen-bond donors (Lipinski definition) is 2. The molecular formula is C12H24N2O3S. The molecular weight excluding hydrogens is 252 g/mol. The SMILES string of the molecule is CC(C)(N)C(C)(C)C(=O)NC1CCCS(=O)(=O)C1. The van der Waals surface area contributed by atoms with E-state index in [0.29, 0.717) is 12.8 Å². The van der Waals surface area contributed by atoms with Crippen LogP contribution in [0.4, 0.5) is 0 Å². The lowest BCUT2D eigenvalue weighted by atomic mass is 9.74. The van der Waals surface area contributed by atoms with Crippen molar-refractivity contribution in [1.29, 1.82) is 0 Å². The molecule has 1 aliphatic heterocycles. The van der Waals surface area contributed by atoms with E-state index in [0.717, 1.165) is 0 Å². The minimum absolute atomic E-state index is 0.0415. The van der Waals surface area contributed by atoms with Gasteiger partial charge in [-0.05, 0) is 40.5 Å². The zero-order chi connectivity index (χ0) is 14.2. The van der Waals surface area contributed by atoms with Crippen LogP contribution in [0, 0.1) is 5.41 Å². The summed E-state index contributed by atoms with van der Waals surface area (Å²) in [4.78, 5) is 12.2. The van der Waals surface area contributed by atoms with Crippen molar-refractivity contribution in [3.8, 4) is 0 Å². The second kappa shape index (κ2) is 4.81. The molecule has 0 saturated carbocycles. The van der Waals surface area contributed by atoms with Gasteiger partial charge in [0.15, 0.2) is 9.84 Å². The van der Waals surface area contributed by atoms with E-state index in [1.807, 2.05) is 0 Å². The summed E-state index contributed by atoms with van der Waals surface area (Å²) in [6, 6.07) is -0.280. The Morgan fingerprint density at radius 1 is 1.28 bits per heavy atom. The predicted molar refractivity (Wildman–Crippen MR) is 71.9 cm³/mol. The molecule has 6 heteroatoms. The van der Waals surface area contributed by atoms with E-state index >= 15 is 0 Å². The molecule has 106 valence electrons. The van der Waals surface area contributed by atoms with Gasteiger partial charge in [0.25, 0.3) is 0 Å². The summed E-state index contributed by atoms with van der Waals surface area (Å²) in [6.07, 6.45) is 1.33. The maximum absolute atomic E-state index is 12.2. The molecule has 0 aliphatic carbocycles. The number of hydrogen-bond acceptors (Lipinski definition) is 4. The molecule has 1 aliphatic rings. The normalized spacial score (nSPS) is 24.6. The lowest BCUT2D eigenvalue weighted by Gasteiger charge is -2.38. The van der Waals surface area contributed by atoms with Crippen molar-refractivity contribution in [2.24, 2.45) is 11.1 Å². The number of nitrogens with one attached hydrogen (secondary N) is 1. The van der Waals surface area contributed by atoms with Crippen LogP contribution in [0.1, 0.15) is 40.5 Å². The molecule has 0 aromatic rings. The van der Waals surface area contributed by atoms with E-state index in [2.05, 4.69) is 5.32 Å². The minimum atomic E-state index is -3.00. The minimum Gasteiger partial charge on any atom is -0.352 e. The van der Waals surface area contributed by atoms with Gasteiger partial charge < -0.3 is 11.1 Å². The molecule has 0 bridgehead atoms. The fourth-order valence-corrected chi connectivity index (χ4v) is 3.43. The molecule has 1 fully saturated rings. The Bertz CT molecular complexity index is 421. The van der Waals surface area contributed by atoms with Crippen molar-refractivity contribution in [2.45, 2.75) is 52.1 Å². The molecule has 1 amide bonds. The highest BCUT2D eigenvalue weighted by atomic mass is 32.2. The van der Waals surface area contributed by atoms with E-state index in [1.165, 1.54) is 0 Å². The number of sulfone groups is 1. The quantitative estimate of drug-likeness (QED) is 0.783. The van der Waals surface area contributed by atoms with Crippen LogP contribution < -0.4 is 11.1 Å². The second-order valence-corrected chi connectivity index (χ2v) is 8.50. The Hall–Kier alpha value is -0.620. The number of amides is 1. The van der Waals surface area contributed by atoms with Gasteiger partial charge in [0.1, 0.15) is 0 Å². The van der Waals surface area contributed by atoms with Crippen LogP contribution in [-0.4, -0.2) is 37.4 Å². The maximum atomic E-state index is 12.2. The topological polar surface area (TPSA) is 89.3 Å². The largest absolute Gasteiger partial charge is 0.352 e. The lowest BCUT2D eigenvalue weighted by molar-refractivity contribution is -0.132. The summed E-state index contributed by atoms with van der Waals surface area (Å²) < 4.78 is 23.0. The summed E-state index contributed by atoms with van der Waals surface area (Å²) in [6.45, 7) is 7.15. The first-order valence-corrected chi connectivity index (χ1v) is 8.08. The Kier molecular flexibility index (Phi) is 4.13. The van der Waals surface area contributed by atoms with Crippen molar-refractivity contribution in [1.82, 2.24) is 5.32 Å². The van der Waals surface area contributed by atoms with Crippen molar-refractivity contribution in [3.05, 3.63) is 0 Å². The fraction of sp³-hybridized carbons (Fsp3) is 0.917. The smallest absolute Gasteiger partial charge is 0.227 e. The molecule has 5 nitrogen and oxygen atoms in total. The van der Waals surface area contributed by atoms with Gasteiger partial charge in [-0.1, -0.05) is 0 Å². The highest BCUT2D eigenvalue weighted by molar-refractivity contribution is 7.91. The lowest BCUT2D eigenvalue weighted by Crippen LogP contribution is -2.58. The molecule has 0 aromatic carbocycles. The van der Waals surface area contributed by atoms with E-state index in [-0.39, 0.29) is 23.5 Å². The average Bonchev–Trinajstić information content (AvgIpc) is 2.13. The van der Waals surface area contributed by atoms with Crippen LogP contribution in [-0.2, 0) is 14.6 Å². The standard InChI is InChI=1S/C12H24N2O3S/c1-11(2,12(3,4)13)10(15)14-9-6-5-7-18(16,17)8-9/h9H,5-8,13H2,1-4H3,(H,14,15). The van der Waals surface area contributed by atoms with Crippen molar-refractivity contribution >= 4 is 15.7 Å². The first-order chi connectivity index (χ1) is 7.96. The van der Waals surface area contributed by atoms with E-state index in [4.69, 9.17) is 5.73 Å². The van der Waals surface area contributed by atoms with Crippen molar-refractivity contribution in [3.63, 3.8) is 0 Å². The van der Waals surface area contributed by atoms with Gasteiger partial charge >= 0.3 is 0 Å². The highest BCUT2D eigenvalue weighted by Gasteiger charge is 2.41. The highest BCUT2D eigenvalue weighted by Crippen LogP contribution is 2.28. The molecule has 0 radical (unpaired) electrons. The van der Waals surface area contributed by atoms with E-state index < -0.39 is 20.8 Å². The Morgan fingerprint density at radius 3 is 2.28 bits per heavy atom. The van der Waals surface area contributed by atoms with Gasteiger partial charge in [0, 0.05) is 11.6 Å². The first-order valence-electron chi connectivity index (χ1n) is 6.26.